The zero-order valence-electron chi connectivity index (χ0n) is 14.8. The second-order valence-corrected chi connectivity index (χ2v) is 9.30. The first-order valence-corrected chi connectivity index (χ1v) is 10.4. The molecule has 1 aromatic carbocycles. The Hall–Kier alpha value is -1.57. The van der Waals surface area contributed by atoms with Crippen LogP contribution in [0.25, 0.3) is 0 Å². The lowest BCUT2D eigenvalue weighted by molar-refractivity contribution is -0.138. The van der Waals surface area contributed by atoms with Crippen molar-refractivity contribution < 1.29 is 26.4 Å². The van der Waals surface area contributed by atoms with Crippen molar-refractivity contribution in [1.29, 1.82) is 0 Å². The number of amides is 1. The molecule has 1 N–H and O–H groups in total. The normalized spacial score (nSPS) is 22.7. The molecule has 146 valence electrons. The summed E-state index contributed by atoms with van der Waals surface area (Å²) in [6, 6.07) is 4.46. The van der Waals surface area contributed by atoms with Gasteiger partial charge in [-0.3, -0.25) is 4.79 Å². The number of alkyl halides is 3. The van der Waals surface area contributed by atoms with Crippen LogP contribution in [0.5, 0.6) is 0 Å². The molecule has 0 aliphatic heterocycles. The molecule has 1 aliphatic carbocycles. The molecular formula is C18H24F3NO3S. The molecule has 8 heteroatoms. The van der Waals surface area contributed by atoms with Crippen molar-refractivity contribution in [3.05, 3.63) is 35.4 Å². The summed E-state index contributed by atoms with van der Waals surface area (Å²) in [4.78, 5) is 12.4. The van der Waals surface area contributed by atoms with E-state index in [1.54, 1.807) is 0 Å². The quantitative estimate of drug-likeness (QED) is 0.832. The van der Waals surface area contributed by atoms with Gasteiger partial charge in [0, 0.05) is 6.04 Å². The number of halogens is 3. The van der Waals surface area contributed by atoms with E-state index in [4.69, 9.17) is 0 Å². The molecule has 0 aromatic heterocycles. The molecule has 1 fully saturated rings. The summed E-state index contributed by atoms with van der Waals surface area (Å²) >= 11 is 0. The van der Waals surface area contributed by atoms with E-state index < -0.39 is 38.5 Å². The molecule has 1 amide bonds. The molecule has 0 heterocycles. The summed E-state index contributed by atoms with van der Waals surface area (Å²) in [5.41, 5.74) is -1.33. The lowest BCUT2D eigenvalue weighted by Gasteiger charge is -2.30. The molecule has 0 spiro atoms. The van der Waals surface area contributed by atoms with Crippen molar-refractivity contribution in [3.63, 3.8) is 0 Å². The maximum atomic E-state index is 13.1. The number of sulfone groups is 1. The molecule has 0 bridgehead atoms. The second-order valence-electron chi connectivity index (χ2n) is 6.98. The first-order valence-electron chi connectivity index (χ1n) is 8.69. The van der Waals surface area contributed by atoms with Crippen molar-refractivity contribution in [2.45, 2.75) is 62.8 Å². The summed E-state index contributed by atoms with van der Waals surface area (Å²) in [7, 11) is -4.08. The van der Waals surface area contributed by atoms with Gasteiger partial charge in [-0.2, -0.15) is 13.2 Å². The van der Waals surface area contributed by atoms with E-state index in [9.17, 15) is 26.4 Å². The van der Waals surface area contributed by atoms with Gasteiger partial charge in [0.2, 0.25) is 5.91 Å². The van der Waals surface area contributed by atoms with E-state index in [0.29, 0.717) is 0 Å². The van der Waals surface area contributed by atoms with Crippen molar-refractivity contribution in [2.24, 2.45) is 5.92 Å². The van der Waals surface area contributed by atoms with Crippen LogP contribution in [0.3, 0.4) is 0 Å². The number of carbonyl (C=O) groups is 1. The minimum Gasteiger partial charge on any atom is -0.352 e. The van der Waals surface area contributed by atoms with Gasteiger partial charge in [-0.25, -0.2) is 8.42 Å². The first-order chi connectivity index (χ1) is 12.0. The average Bonchev–Trinajstić information content (AvgIpc) is 2.55. The Kier molecular flexibility index (Phi) is 6.37. The highest BCUT2D eigenvalue weighted by Crippen LogP contribution is 2.33. The number of benzene rings is 1. The monoisotopic (exact) mass is 391 g/mol. The molecule has 2 rings (SSSR count). The summed E-state index contributed by atoms with van der Waals surface area (Å²) in [6.07, 6.45) is -0.845. The SMILES string of the molecule is C[C@@H]1CCCC[C@@H]1NC(=O)[C@H](C)S(=O)(=O)Cc1ccccc1C(F)(F)F. The van der Waals surface area contributed by atoms with Gasteiger partial charge in [0.15, 0.2) is 9.84 Å². The summed E-state index contributed by atoms with van der Waals surface area (Å²) in [5.74, 6) is -1.21. The highest BCUT2D eigenvalue weighted by atomic mass is 32.2. The molecule has 26 heavy (non-hydrogen) atoms. The standard InChI is InChI=1S/C18H24F3NO3S/c1-12-7-3-6-10-16(12)22-17(23)13(2)26(24,25)11-14-8-4-5-9-15(14)18(19,20)21/h4-5,8-9,12-13,16H,3,6-7,10-11H2,1-2H3,(H,22,23)/t12-,13+,16+/m1/s1. The van der Waals surface area contributed by atoms with Crippen molar-refractivity contribution in [2.75, 3.05) is 0 Å². The number of hydrogen-bond acceptors (Lipinski definition) is 3. The number of nitrogens with one attached hydrogen (secondary N) is 1. The van der Waals surface area contributed by atoms with Crippen LogP contribution in [0, 0.1) is 5.92 Å². The Morgan fingerprint density at radius 3 is 2.46 bits per heavy atom. The minimum absolute atomic E-state index is 0.0867. The van der Waals surface area contributed by atoms with Crippen LogP contribution in [-0.4, -0.2) is 25.6 Å². The van der Waals surface area contributed by atoms with Crippen molar-refractivity contribution in [3.8, 4) is 0 Å². The Morgan fingerprint density at radius 1 is 1.23 bits per heavy atom. The Labute approximate surface area is 152 Å². The van der Waals surface area contributed by atoms with Gasteiger partial charge in [-0.05, 0) is 37.3 Å². The van der Waals surface area contributed by atoms with Gasteiger partial charge in [0.1, 0.15) is 5.25 Å². The van der Waals surface area contributed by atoms with Gasteiger partial charge in [-0.15, -0.1) is 0 Å². The topological polar surface area (TPSA) is 63.2 Å². The maximum absolute atomic E-state index is 13.1. The first kappa shape index (κ1) is 20.7. The van der Waals surface area contributed by atoms with E-state index in [0.717, 1.165) is 37.8 Å². The molecule has 1 aromatic rings. The van der Waals surface area contributed by atoms with E-state index in [2.05, 4.69) is 5.32 Å². The van der Waals surface area contributed by atoms with E-state index in [1.807, 2.05) is 6.92 Å². The predicted molar refractivity (Wildman–Crippen MR) is 93.1 cm³/mol. The second kappa shape index (κ2) is 7.98. The smallest absolute Gasteiger partial charge is 0.352 e. The van der Waals surface area contributed by atoms with Crippen LogP contribution in [0.2, 0.25) is 0 Å². The molecule has 1 aliphatic rings. The van der Waals surface area contributed by atoms with Crippen LogP contribution in [-0.2, 0) is 26.6 Å². The van der Waals surface area contributed by atoms with Gasteiger partial charge in [-0.1, -0.05) is 38.0 Å². The average molecular weight is 391 g/mol. The van der Waals surface area contributed by atoms with E-state index in [1.165, 1.54) is 19.1 Å². The van der Waals surface area contributed by atoms with E-state index >= 15 is 0 Å². The number of rotatable bonds is 5. The maximum Gasteiger partial charge on any atom is 0.416 e. The third kappa shape index (κ3) is 4.99. The lowest BCUT2D eigenvalue weighted by atomic mass is 9.86. The predicted octanol–water partition coefficient (Wildman–Crippen LogP) is 3.70. The van der Waals surface area contributed by atoms with Gasteiger partial charge >= 0.3 is 6.18 Å². The third-order valence-electron chi connectivity index (χ3n) is 5.03. The minimum atomic E-state index is -4.64. The molecule has 0 radical (unpaired) electrons. The highest BCUT2D eigenvalue weighted by Gasteiger charge is 2.36. The molecule has 4 nitrogen and oxygen atoms in total. The summed E-state index contributed by atoms with van der Waals surface area (Å²) in [5, 5.41) is 1.36. The van der Waals surface area contributed by atoms with Crippen LogP contribution >= 0.6 is 0 Å². The Balaban J connectivity index is 2.13. The van der Waals surface area contributed by atoms with Crippen LogP contribution < -0.4 is 5.32 Å². The van der Waals surface area contributed by atoms with Gasteiger partial charge in [0.25, 0.3) is 0 Å². The fourth-order valence-electron chi connectivity index (χ4n) is 3.26. The molecule has 1 saturated carbocycles. The fraction of sp³-hybridized carbons (Fsp3) is 0.611. The summed E-state index contributed by atoms with van der Waals surface area (Å²) < 4.78 is 64.2. The van der Waals surface area contributed by atoms with Crippen LogP contribution in [0.1, 0.15) is 50.7 Å². The van der Waals surface area contributed by atoms with E-state index in [-0.39, 0.29) is 17.5 Å². The third-order valence-corrected chi connectivity index (χ3v) is 7.03. The summed E-state index contributed by atoms with van der Waals surface area (Å²) in [6.45, 7) is 3.23. The zero-order valence-corrected chi connectivity index (χ0v) is 15.7. The fourth-order valence-corrected chi connectivity index (χ4v) is 4.59. The largest absolute Gasteiger partial charge is 0.416 e. The van der Waals surface area contributed by atoms with Gasteiger partial charge in [0.05, 0.1) is 11.3 Å². The number of carbonyl (C=O) groups excluding carboxylic acids is 1. The highest BCUT2D eigenvalue weighted by molar-refractivity contribution is 7.92. The molecule has 0 unspecified atom stereocenters. The Morgan fingerprint density at radius 2 is 1.85 bits per heavy atom. The Bertz CT molecular complexity index is 746. The lowest BCUT2D eigenvalue weighted by Crippen LogP contribution is -2.47. The molecule has 0 saturated heterocycles. The number of hydrogen-bond donors (Lipinski definition) is 1. The van der Waals surface area contributed by atoms with Crippen molar-refractivity contribution in [1.82, 2.24) is 5.32 Å². The van der Waals surface area contributed by atoms with Crippen molar-refractivity contribution >= 4 is 15.7 Å². The van der Waals surface area contributed by atoms with Gasteiger partial charge < -0.3 is 5.32 Å². The molecule has 3 atom stereocenters. The zero-order chi connectivity index (χ0) is 19.5. The molecular weight excluding hydrogens is 367 g/mol. The van der Waals surface area contributed by atoms with Crippen LogP contribution in [0.4, 0.5) is 13.2 Å². The van der Waals surface area contributed by atoms with Crippen LogP contribution in [0.15, 0.2) is 24.3 Å².